The number of hydrogen-bond donors (Lipinski definition) is 1. The Morgan fingerprint density at radius 2 is 1.79 bits per heavy atom. The van der Waals surface area contributed by atoms with Crippen molar-refractivity contribution < 1.29 is 4.74 Å². The van der Waals surface area contributed by atoms with Gasteiger partial charge < -0.3 is 10.1 Å². The molecular weight excluding hydrogens is 234 g/mol. The van der Waals surface area contributed by atoms with Gasteiger partial charge in [0.15, 0.2) is 0 Å². The van der Waals surface area contributed by atoms with E-state index in [4.69, 9.17) is 4.74 Å². The van der Waals surface area contributed by atoms with Gasteiger partial charge in [-0.1, -0.05) is 53.4 Å². The number of ether oxygens (including phenoxy) is 1. The third-order valence-electron chi connectivity index (χ3n) is 4.28. The van der Waals surface area contributed by atoms with Gasteiger partial charge in [0.2, 0.25) is 0 Å². The van der Waals surface area contributed by atoms with Crippen LogP contribution < -0.4 is 5.32 Å². The second-order valence-corrected chi connectivity index (χ2v) is 7.19. The number of rotatable bonds is 8. The van der Waals surface area contributed by atoms with Crippen LogP contribution in [0, 0.1) is 11.3 Å². The molecule has 2 unspecified atom stereocenters. The molecule has 0 heterocycles. The summed E-state index contributed by atoms with van der Waals surface area (Å²) in [7, 11) is 0. The molecular formula is C17H35NO. The van der Waals surface area contributed by atoms with E-state index in [-0.39, 0.29) is 5.41 Å². The van der Waals surface area contributed by atoms with Gasteiger partial charge in [-0.3, -0.25) is 0 Å². The maximum absolute atomic E-state index is 6.11. The molecule has 0 aromatic rings. The van der Waals surface area contributed by atoms with Crippen LogP contribution in [-0.4, -0.2) is 25.3 Å². The summed E-state index contributed by atoms with van der Waals surface area (Å²) < 4.78 is 6.11. The van der Waals surface area contributed by atoms with Crippen LogP contribution in [0.15, 0.2) is 0 Å². The first kappa shape index (κ1) is 17.0. The fraction of sp³-hybridized carbons (Fsp3) is 1.00. The lowest BCUT2D eigenvalue weighted by Gasteiger charge is -2.38. The number of hydrogen-bond acceptors (Lipinski definition) is 2. The van der Waals surface area contributed by atoms with E-state index in [2.05, 4.69) is 39.9 Å². The van der Waals surface area contributed by atoms with E-state index in [9.17, 15) is 0 Å². The van der Waals surface area contributed by atoms with Gasteiger partial charge in [-0.2, -0.15) is 0 Å². The minimum Gasteiger partial charge on any atom is -0.376 e. The third kappa shape index (κ3) is 5.83. The van der Waals surface area contributed by atoms with Crippen LogP contribution in [0.5, 0.6) is 0 Å². The lowest BCUT2D eigenvalue weighted by molar-refractivity contribution is -0.0403. The van der Waals surface area contributed by atoms with Crippen LogP contribution in [-0.2, 0) is 4.74 Å². The Balaban J connectivity index is 2.66. The highest BCUT2D eigenvalue weighted by atomic mass is 16.5. The molecule has 0 radical (unpaired) electrons. The summed E-state index contributed by atoms with van der Waals surface area (Å²) in [5, 5.41) is 3.76. The predicted molar refractivity (Wildman–Crippen MR) is 83.5 cm³/mol. The van der Waals surface area contributed by atoms with Gasteiger partial charge in [0.05, 0.1) is 6.10 Å². The smallest absolute Gasteiger partial charge is 0.0776 e. The first-order valence-electron chi connectivity index (χ1n) is 8.34. The summed E-state index contributed by atoms with van der Waals surface area (Å²) in [5.74, 6) is 0.916. The summed E-state index contributed by atoms with van der Waals surface area (Å²) >= 11 is 0. The van der Waals surface area contributed by atoms with Gasteiger partial charge in [-0.25, -0.2) is 0 Å². The van der Waals surface area contributed by atoms with Crippen LogP contribution in [0.4, 0.5) is 0 Å². The van der Waals surface area contributed by atoms with E-state index < -0.39 is 0 Å². The monoisotopic (exact) mass is 269 g/mol. The van der Waals surface area contributed by atoms with Crippen LogP contribution in [0.2, 0.25) is 0 Å². The lowest BCUT2D eigenvalue weighted by Crippen LogP contribution is -2.49. The normalized spacial score (nSPS) is 20.7. The molecule has 1 aliphatic carbocycles. The molecule has 1 N–H and O–H groups in total. The van der Waals surface area contributed by atoms with Crippen molar-refractivity contribution in [3.05, 3.63) is 0 Å². The van der Waals surface area contributed by atoms with Gasteiger partial charge in [0.25, 0.3) is 0 Å². The molecule has 114 valence electrons. The van der Waals surface area contributed by atoms with Crippen molar-refractivity contribution in [2.45, 2.75) is 85.3 Å². The molecule has 1 saturated carbocycles. The third-order valence-corrected chi connectivity index (χ3v) is 4.28. The van der Waals surface area contributed by atoms with Crippen molar-refractivity contribution >= 4 is 0 Å². The molecule has 1 fully saturated rings. The fourth-order valence-electron chi connectivity index (χ4n) is 3.40. The summed E-state index contributed by atoms with van der Waals surface area (Å²) in [6.45, 7) is 13.2. The molecule has 0 aromatic heterocycles. The quantitative estimate of drug-likeness (QED) is 0.706. The van der Waals surface area contributed by atoms with Crippen LogP contribution >= 0.6 is 0 Å². The van der Waals surface area contributed by atoms with Crippen molar-refractivity contribution in [2.75, 3.05) is 13.2 Å². The molecule has 2 nitrogen and oxygen atoms in total. The first-order valence-corrected chi connectivity index (χ1v) is 8.34. The summed E-state index contributed by atoms with van der Waals surface area (Å²) in [6, 6.07) is 0.517. The van der Waals surface area contributed by atoms with Crippen molar-refractivity contribution in [2.24, 2.45) is 11.3 Å². The van der Waals surface area contributed by atoms with Gasteiger partial charge in [-0.15, -0.1) is 0 Å². The molecule has 2 atom stereocenters. The molecule has 0 saturated heterocycles. The highest BCUT2D eigenvalue weighted by Crippen LogP contribution is 2.33. The second kappa shape index (κ2) is 8.26. The Labute approximate surface area is 120 Å². The molecule has 0 amide bonds. The van der Waals surface area contributed by atoms with E-state index in [0.29, 0.717) is 12.1 Å². The van der Waals surface area contributed by atoms with Crippen LogP contribution in [0.25, 0.3) is 0 Å². The largest absolute Gasteiger partial charge is 0.376 e. The zero-order valence-corrected chi connectivity index (χ0v) is 13.8. The lowest BCUT2D eigenvalue weighted by atomic mass is 9.81. The Morgan fingerprint density at radius 1 is 1.16 bits per heavy atom. The van der Waals surface area contributed by atoms with Gasteiger partial charge in [0.1, 0.15) is 0 Å². The van der Waals surface area contributed by atoms with E-state index in [0.717, 1.165) is 19.1 Å². The Kier molecular flexibility index (Phi) is 7.38. The average molecular weight is 269 g/mol. The molecule has 0 aliphatic heterocycles. The standard InChI is InChI=1S/C17H35NO/c1-6-12-18-15(13-14-10-8-9-11-14)16(19-7-2)17(3,4)5/h14-16,18H,6-13H2,1-5H3. The molecule has 1 aliphatic rings. The van der Waals surface area contributed by atoms with Crippen LogP contribution in [0.3, 0.4) is 0 Å². The maximum atomic E-state index is 6.11. The summed E-state index contributed by atoms with van der Waals surface area (Å²) in [6.07, 6.45) is 8.52. The van der Waals surface area contributed by atoms with E-state index >= 15 is 0 Å². The van der Waals surface area contributed by atoms with E-state index in [1.807, 2.05) is 0 Å². The SMILES string of the molecule is CCCNC(CC1CCCC1)C(OCC)C(C)(C)C. The Hall–Kier alpha value is -0.0800. The Bertz CT molecular complexity index is 228. The zero-order valence-electron chi connectivity index (χ0n) is 13.8. The molecule has 0 spiro atoms. The Morgan fingerprint density at radius 3 is 2.26 bits per heavy atom. The van der Waals surface area contributed by atoms with Crippen molar-refractivity contribution in [3.8, 4) is 0 Å². The van der Waals surface area contributed by atoms with Gasteiger partial charge in [-0.05, 0) is 37.6 Å². The summed E-state index contributed by atoms with van der Waals surface area (Å²) in [5.41, 5.74) is 0.208. The topological polar surface area (TPSA) is 21.3 Å². The predicted octanol–water partition coefficient (Wildman–Crippen LogP) is 4.39. The molecule has 0 aromatic carbocycles. The van der Waals surface area contributed by atoms with E-state index in [1.165, 1.54) is 38.5 Å². The van der Waals surface area contributed by atoms with Crippen LogP contribution in [0.1, 0.15) is 73.1 Å². The van der Waals surface area contributed by atoms with Gasteiger partial charge in [0, 0.05) is 12.6 Å². The highest BCUT2D eigenvalue weighted by Gasteiger charge is 2.34. The first-order chi connectivity index (χ1) is 8.99. The fourth-order valence-corrected chi connectivity index (χ4v) is 3.40. The highest BCUT2D eigenvalue weighted by molar-refractivity contribution is 4.88. The minimum absolute atomic E-state index is 0.208. The second-order valence-electron chi connectivity index (χ2n) is 7.19. The summed E-state index contributed by atoms with van der Waals surface area (Å²) in [4.78, 5) is 0. The molecule has 2 heteroatoms. The van der Waals surface area contributed by atoms with Crippen molar-refractivity contribution in [1.29, 1.82) is 0 Å². The average Bonchev–Trinajstić information content (AvgIpc) is 2.83. The van der Waals surface area contributed by atoms with Crippen molar-refractivity contribution in [3.63, 3.8) is 0 Å². The minimum atomic E-state index is 0.208. The van der Waals surface area contributed by atoms with E-state index in [1.54, 1.807) is 0 Å². The maximum Gasteiger partial charge on any atom is 0.0776 e. The molecule has 19 heavy (non-hydrogen) atoms. The zero-order chi connectivity index (χ0) is 14.3. The molecule has 1 rings (SSSR count). The van der Waals surface area contributed by atoms with Crippen molar-refractivity contribution in [1.82, 2.24) is 5.32 Å². The number of nitrogens with one attached hydrogen (secondary N) is 1. The van der Waals surface area contributed by atoms with Gasteiger partial charge >= 0.3 is 0 Å². The molecule has 0 bridgehead atoms.